The van der Waals surface area contributed by atoms with Crippen LogP contribution >= 0.6 is 11.6 Å². The summed E-state index contributed by atoms with van der Waals surface area (Å²) in [7, 11) is 1.32. The van der Waals surface area contributed by atoms with E-state index < -0.39 is 11.7 Å². The van der Waals surface area contributed by atoms with Gasteiger partial charge in [-0.15, -0.1) is 0 Å². The standard InChI is InChI=1S/C18H14ClFN4O2/c1-26-18-16(20)7-15(10-22-18)23-24-17(25)13-6-12(8-21-9-13)11-2-4-14(19)5-3-11/h2-10,23H,1H3,(H,24,25). The van der Waals surface area contributed by atoms with Crippen molar-refractivity contribution < 1.29 is 13.9 Å². The number of carbonyl (C=O) groups is 1. The number of hydrazine groups is 1. The van der Waals surface area contributed by atoms with Crippen molar-refractivity contribution in [2.75, 3.05) is 12.5 Å². The molecule has 0 aliphatic rings. The lowest BCUT2D eigenvalue weighted by Gasteiger charge is -2.10. The van der Waals surface area contributed by atoms with Gasteiger partial charge >= 0.3 is 0 Å². The van der Waals surface area contributed by atoms with E-state index in [-0.39, 0.29) is 11.6 Å². The number of benzene rings is 1. The predicted octanol–water partition coefficient (Wildman–Crippen LogP) is 3.70. The fourth-order valence-corrected chi connectivity index (χ4v) is 2.34. The van der Waals surface area contributed by atoms with Crippen molar-refractivity contribution in [1.29, 1.82) is 0 Å². The summed E-state index contributed by atoms with van der Waals surface area (Å²) >= 11 is 5.88. The van der Waals surface area contributed by atoms with Crippen molar-refractivity contribution in [3.63, 3.8) is 0 Å². The summed E-state index contributed by atoms with van der Waals surface area (Å²) in [5.74, 6) is -1.19. The molecule has 2 heterocycles. The minimum absolute atomic E-state index is 0.123. The van der Waals surface area contributed by atoms with E-state index in [2.05, 4.69) is 20.8 Å². The van der Waals surface area contributed by atoms with Crippen molar-refractivity contribution in [2.45, 2.75) is 0 Å². The molecule has 6 nitrogen and oxygen atoms in total. The number of rotatable bonds is 5. The summed E-state index contributed by atoms with van der Waals surface area (Å²) < 4.78 is 18.3. The number of anilines is 1. The Morgan fingerprint density at radius 2 is 1.88 bits per heavy atom. The van der Waals surface area contributed by atoms with Gasteiger partial charge in [0.2, 0.25) is 5.88 Å². The Bertz CT molecular complexity index is 935. The molecule has 2 N–H and O–H groups in total. The van der Waals surface area contributed by atoms with Crippen molar-refractivity contribution in [2.24, 2.45) is 0 Å². The van der Waals surface area contributed by atoms with Gasteiger partial charge in [-0.2, -0.15) is 0 Å². The highest BCUT2D eigenvalue weighted by Crippen LogP contribution is 2.21. The summed E-state index contributed by atoms with van der Waals surface area (Å²) in [5.41, 5.74) is 7.34. The molecule has 2 aromatic heterocycles. The molecule has 0 radical (unpaired) electrons. The maximum atomic E-state index is 13.6. The number of nitrogens with zero attached hydrogens (tertiary/aromatic N) is 2. The van der Waals surface area contributed by atoms with Crippen LogP contribution < -0.4 is 15.6 Å². The van der Waals surface area contributed by atoms with E-state index in [0.717, 1.165) is 17.2 Å². The fourth-order valence-electron chi connectivity index (χ4n) is 2.21. The van der Waals surface area contributed by atoms with Gasteiger partial charge in [0.15, 0.2) is 5.82 Å². The maximum Gasteiger partial charge on any atom is 0.271 e. The predicted molar refractivity (Wildman–Crippen MR) is 96.5 cm³/mol. The molecule has 1 aromatic carbocycles. The second-order valence-electron chi connectivity index (χ2n) is 5.26. The molecule has 0 aliphatic heterocycles. The minimum Gasteiger partial charge on any atom is -0.479 e. The Balaban J connectivity index is 1.71. The van der Waals surface area contributed by atoms with Gasteiger partial charge in [-0.1, -0.05) is 23.7 Å². The highest BCUT2D eigenvalue weighted by atomic mass is 35.5. The lowest BCUT2D eigenvalue weighted by Crippen LogP contribution is -2.29. The van der Waals surface area contributed by atoms with Crippen LogP contribution in [0, 0.1) is 5.82 Å². The maximum absolute atomic E-state index is 13.6. The van der Waals surface area contributed by atoms with Crippen molar-refractivity contribution in [3.05, 3.63) is 71.4 Å². The largest absolute Gasteiger partial charge is 0.479 e. The van der Waals surface area contributed by atoms with E-state index in [1.807, 2.05) is 12.1 Å². The third kappa shape index (κ3) is 4.07. The van der Waals surface area contributed by atoms with Crippen LogP contribution in [0.5, 0.6) is 5.88 Å². The molecule has 0 spiro atoms. The first-order valence-corrected chi connectivity index (χ1v) is 7.91. The smallest absolute Gasteiger partial charge is 0.271 e. The first-order chi connectivity index (χ1) is 12.6. The second kappa shape index (κ2) is 7.79. The van der Waals surface area contributed by atoms with Gasteiger partial charge in [0.25, 0.3) is 5.91 Å². The lowest BCUT2D eigenvalue weighted by atomic mass is 10.1. The molecule has 1 amide bonds. The molecular weight excluding hydrogens is 359 g/mol. The zero-order valence-corrected chi connectivity index (χ0v) is 14.4. The van der Waals surface area contributed by atoms with Crippen LogP contribution in [0.1, 0.15) is 10.4 Å². The molecule has 0 unspecified atom stereocenters. The number of pyridine rings is 2. The Hall–Kier alpha value is -3.19. The van der Waals surface area contributed by atoms with Crippen LogP contribution in [-0.2, 0) is 0 Å². The highest BCUT2D eigenvalue weighted by molar-refractivity contribution is 6.30. The van der Waals surface area contributed by atoms with E-state index in [4.69, 9.17) is 16.3 Å². The molecule has 0 atom stereocenters. The molecule has 0 saturated heterocycles. The Labute approximate surface area is 154 Å². The summed E-state index contributed by atoms with van der Waals surface area (Å²) in [6, 6.07) is 10.1. The van der Waals surface area contributed by atoms with E-state index in [9.17, 15) is 9.18 Å². The van der Waals surface area contributed by atoms with Gasteiger partial charge in [-0.25, -0.2) is 9.37 Å². The minimum atomic E-state index is -0.641. The Kier molecular flexibility index (Phi) is 5.28. The van der Waals surface area contributed by atoms with Gasteiger partial charge < -0.3 is 4.74 Å². The van der Waals surface area contributed by atoms with Crippen LogP contribution in [0.25, 0.3) is 11.1 Å². The molecule has 3 aromatic rings. The summed E-state index contributed by atoms with van der Waals surface area (Å²) in [6.07, 6.45) is 4.42. The number of ether oxygens (including phenoxy) is 1. The van der Waals surface area contributed by atoms with E-state index in [1.54, 1.807) is 24.4 Å². The van der Waals surface area contributed by atoms with Gasteiger partial charge in [-0.3, -0.25) is 20.6 Å². The third-order valence-corrected chi connectivity index (χ3v) is 3.75. The van der Waals surface area contributed by atoms with Crippen LogP contribution in [-0.4, -0.2) is 23.0 Å². The van der Waals surface area contributed by atoms with Crippen LogP contribution in [0.3, 0.4) is 0 Å². The van der Waals surface area contributed by atoms with Crippen LogP contribution in [0.4, 0.5) is 10.1 Å². The van der Waals surface area contributed by atoms with Gasteiger partial charge in [-0.05, 0) is 23.8 Å². The van der Waals surface area contributed by atoms with E-state index in [0.29, 0.717) is 10.6 Å². The Morgan fingerprint density at radius 3 is 2.58 bits per heavy atom. The van der Waals surface area contributed by atoms with Gasteiger partial charge in [0, 0.05) is 29.0 Å². The summed E-state index contributed by atoms with van der Waals surface area (Å²) in [5, 5.41) is 0.625. The number of hydrogen-bond acceptors (Lipinski definition) is 5. The highest BCUT2D eigenvalue weighted by Gasteiger charge is 2.09. The van der Waals surface area contributed by atoms with E-state index >= 15 is 0 Å². The SMILES string of the molecule is COc1ncc(NNC(=O)c2cncc(-c3ccc(Cl)cc3)c2)cc1F. The van der Waals surface area contributed by atoms with Crippen molar-refractivity contribution >= 4 is 23.2 Å². The number of halogens is 2. The molecular formula is C18H14ClFN4O2. The first-order valence-electron chi connectivity index (χ1n) is 7.53. The van der Waals surface area contributed by atoms with E-state index in [1.165, 1.54) is 19.5 Å². The molecule has 3 rings (SSSR count). The van der Waals surface area contributed by atoms with Gasteiger partial charge in [0.1, 0.15) is 0 Å². The molecule has 132 valence electrons. The zero-order valence-electron chi connectivity index (χ0n) is 13.7. The van der Waals surface area contributed by atoms with Crippen LogP contribution in [0.2, 0.25) is 5.02 Å². The first kappa shape index (κ1) is 17.6. The second-order valence-corrected chi connectivity index (χ2v) is 5.70. The number of carbonyl (C=O) groups excluding carboxylic acids is 1. The zero-order chi connectivity index (χ0) is 18.5. The molecule has 0 saturated carbocycles. The molecule has 8 heteroatoms. The fraction of sp³-hybridized carbons (Fsp3) is 0.0556. The number of amides is 1. The molecule has 0 aliphatic carbocycles. The number of hydrogen-bond donors (Lipinski definition) is 2. The molecule has 0 fully saturated rings. The number of methoxy groups -OCH3 is 1. The Morgan fingerprint density at radius 1 is 1.12 bits per heavy atom. The summed E-state index contributed by atoms with van der Waals surface area (Å²) in [6.45, 7) is 0. The topological polar surface area (TPSA) is 76.1 Å². The van der Waals surface area contributed by atoms with Gasteiger partial charge in [0.05, 0.1) is 24.6 Å². The monoisotopic (exact) mass is 372 g/mol. The van der Waals surface area contributed by atoms with Crippen LogP contribution in [0.15, 0.2) is 55.0 Å². The average Bonchev–Trinajstić information content (AvgIpc) is 2.67. The lowest BCUT2D eigenvalue weighted by molar-refractivity contribution is 0.0962. The molecule has 26 heavy (non-hydrogen) atoms. The quantitative estimate of drug-likeness (QED) is 0.668. The number of nitrogens with one attached hydrogen (secondary N) is 2. The third-order valence-electron chi connectivity index (χ3n) is 3.50. The summed E-state index contributed by atoms with van der Waals surface area (Å²) in [4.78, 5) is 20.2. The van der Waals surface area contributed by atoms with Crippen molar-refractivity contribution in [1.82, 2.24) is 15.4 Å². The normalized spacial score (nSPS) is 10.3. The average molecular weight is 373 g/mol. The number of aromatic nitrogens is 2. The van der Waals surface area contributed by atoms with Crippen molar-refractivity contribution in [3.8, 4) is 17.0 Å². The molecule has 0 bridgehead atoms.